The van der Waals surface area contributed by atoms with E-state index < -0.39 is 0 Å². The van der Waals surface area contributed by atoms with Gasteiger partial charge in [-0.05, 0) is 49.5 Å². The summed E-state index contributed by atoms with van der Waals surface area (Å²) in [7, 11) is 1.70. The van der Waals surface area contributed by atoms with Crippen molar-refractivity contribution in [1.29, 1.82) is 0 Å². The van der Waals surface area contributed by atoms with Crippen LogP contribution in [0.2, 0.25) is 0 Å². The Kier molecular flexibility index (Phi) is 4.40. The lowest BCUT2D eigenvalue weighted by molar-refractivity contribution is 0.329. The predicted octanol–water partition coefficient (Wildman–Crippen LogP) is 1.52. The van der Waals surface area contributed by atoms with Crippen LogP contribution in [0.3, 0.4) is 0 Å². The second kappa shape index (κ2) is 6.03. The van der Waals surface area contributed by atoms with Crippen LogP contribution >= 0.6 is 0 Å². The number of ether oxygens (including phenoxy) is 1. The third-order valence-corrected chi connectivity index (χ3v) is 3.58. The van der Waals surface area contributed by atoms with Crippen LogP contribution in [0.1, 0.15) is 12.0 Å². The Labute approximate surface area is 104 Å². The zero-order chi connectivity index (χ0) is 12.1. The van der Waals surface area contributed by atoms with E-state index in [1.165, 1.54) is 25.1 Å². The second-order valence-electron chi connectivity index (χ2n) is 4.79. The first-order valence-electron chi connectivity index (χ1n) is 6.37. The van der Waals surface area contributed by atoms with Crippen LogP contribution in [-0.4, -0.2) is 38.2 Å². The van der Waals surface area contributed by atoms with Crippen LogP contribution < -0.4 is 10.5 Å². The summed E-state index contributed by atoms with van der Waals surface area (Å²) < 4.78 is 5.15. The maximum absolute atomic E-state index is 5.69. The minimum Gasteiger partial charge on any atom is -0.497 e. The van der Waals surface area contributed by atoms with E-state index in [2.05, 4.69) is 17.0 Å². The Hall–Kier alpha value is -1.06. The lowest BCUT2D eigenvalue weighted by Gasteiger charge is -2.15. The molecule has 1 saturated heterocycles. The van der Waals surface area contributed by atoms with E-state index in [9.17, 15) is 0 Å². The van der Waals surface area contributed by atoms with Gasteiger partial charge in [-0.1, -0.05) is 12.1 Å². The molecule has 0 aliphatic carbocycles. The molecule has 1 aliphatic heterocycles. The largest absolute Gasteiger partial charge is 0.497 e. The first kappa shape index (κ1) is 12.4. The monoisotopic (exact) mass is 234 g/mol. The maximum Gasteiger partial charge on any atom is 0.118 e. The number of methoxy groups -OCH3 is 1. The molecule has 17 heavy (non-hydrogen) atoms. The molecular formula is C14H22N2O. The molecule has 0 spiro atoms. The molecule has 1 fully saturated rings. The van der Waals surface area contributed by atoms with Crippen molar-refractivity contribution >= 4 is 0 Å². The van der Waals surface area contributed by atoms with Crippen LogP contribution in [0.25, 0.3) is 0 Å². The van der Waals surface area contributed by atoms with Crippen LogP contribution in [0.5, 0.6) is 5.75 Å². The molecule has 94 valence electrons. The van der Waals surface area contributed by atoms with E-state index in [4.69, 9.17) is 10.5 Å². The number of likely N-dealkylation sites (tertiary alicyclic amines) is 1. The molecule has 3 heteroatoms. The van der Waals surface area contributed by atoms with Crippen molar-refractivity contribution in [2.24, 2.45) is 11.7 Å². The van der Waals surface area contributed by atoms with Crippen molar-refractivity contribution < 1.29 is 4.74 Å². The summed E-state index contributed by atoms with van der Waals surface area (Å²) in [5, 5.41) is 0. The molecule has 1 heterocycles. The molecule has 1 aromatic rings. The predicted molar refractivity (Wildman–Crippen MR) is 70.3 cm³/mol. The molecule has 0 radical (unpaired) electrons. The molecule has 0 aromatic heterocycles. The topological polar surface area (TPSA) is 38.5 Å². The number of hydrogen-bond acceptors (Lipinski definition) is 3. The third-order valence-electron chi connectivity index (χ3n) is 3.58. The van der Waals surface area contributed by atoms with Crippen LogP contribution in [-0.2, 0) is 6.42 Å². The van der Waals surface area contributed by atoms with Crippen LogP contribution in [0.15, 0.2) is 24.3 Å². The van der Waals surface area contributed by atoms with E-state index in [1.807, 2.05) is 12.1 Å². The molecule has 2 rings (SSSR count). The smallest absolute Gasteiger partial charge is 0.118 e. The molecule has 0 saturated carbocycles. The second-order valence-corrected chi connectivity index (χ2v) is 4.79. The van der Waals surface area contributed by atoms with E-state index in [1.54, 1.807) is 7.11 Å². The van der Waals surface area contributed by atoms with Crippen LogP contribution in [0, 0.1) is 5.92 Å². The highest BCUT2D eigenvalue weighted by Gasteiger charge is 2.20. The lowest BCUT2D eigenvalue weighted by Crippen LogP contribution is -2.25. The van der Waals surface area contributed by atoms with Gasteiger partial charge in [0.1, 0.15) is 5.75 Å². The van der Waals surface area contributed by atoms with Gasteiger partial charge in [-0.2, -0.15) is 0 Å². The molecule has 1 aromatic carbocycles. The molecule has 1 unspecified atom stereocenters. The minimum absolute atomic E-state index is 0.714. The Morgan fingerprint density at radius 1 is 1.35 bits per heavy atom. The minimum atomic E-state index is 0.714. The average molecular weight is 234 g/mol. The Morgan fingerprint density at radius 3 is 2.71 bits per heavy atom. The zero-order valence-corrected chi connectivity index (χ0v) is 10.6. The van der Waals surface area contributed by atoms with Gasteiger partial charge in [0.15, 0.2) is 0 Å². The summed E-state index contributed by atoms with van der Waals surface area (Å²) in [5.41, 5.74) is 7.07. The van der Waals surface area contributed by atoms with Gasteiger partial charge in [0, 0.05) is 13.1 Å². The molecule has 1 aliphatic rings. The number of nitrogens with two attached hydrogens (primary N) is 1. The SMILES string of the molecule is COc1ccc(CCN2CCC(CN)C2)cc1. The Morgan fingerprint density at radius 2 is 2.12 bits per heavy atom. The fourth-order valence-electron chi connectivity index (χ4n) is 2.39. The molecule has 0 amide bonds. The lowest BCUT2D eigenvalue weighted by atomic mass is 10.1. The molecule has 2 N–H and O–H groups in total. The summed E-state index contributed by atoms with van der Waals surface area (Å²) in [6, 6.07) is 8.36. The van der Waals surface area contributed by atoms with Crippen molar-refractivity contribution in [3.05, 3.63) is 29.8 Å². The van der Waals surface area contributed by atoms with Gasteiger partial charge in [-0.3, -0.25) is 0 Å². The molecular weight excluding hydrogens is 212 g/mol. The van der Waals surface area contributed by atoms with Gasteiger partial charge in [-0.25, -0.2) is 0 Å². The third kappa shape index (κ3) is 3.45. The number of nitrogens with zero attached hydrogens (tertiary/aromatic N) is 1. The van der Waals surface area contributed by atoms with Crippen molar-refractivity contribution in [1.82, 2.24) is 4.90 Å². The zero-order valence-electron chi connectivity index (χ0n) is 10.6. The highest BCUT2D eigenvalue weighted by atomic mass is 16.5. The van der Waals surface area contributed by atoms with Gasteiger partial charge in [0.05, 0.1) is 7.11 Å². The van der Waals surface area contributed by atoms with Gasteiger partial charge >= 0.3 is 0 Å². The molecule has 0 bridgehead atoms. The highest BCUT2D eigenvalue weighted by molar-refractivity contribution is 5.27. The quantitative estimate of drug-likeness (QED) is 0.839. The van der Waals surface area contributed by atoms with E-state index >= 15 is 0 Å². The van der Waals surface area contributed by atoms with Gasteiger partial charge < -0.3 is 15.4 Å². The molecule has 3 nitrogen and oxygen atoms in total. The number of benzene rings is 1. The standard InChI is InChI=1S/C14H22N2O/c1-17-14-4-2-12(3-5-14)6-8-16-9-7-13(10-15)11-16/h2-5,13H,6-11,15H2,1H3. The number of hydrogen-bond donors (Lipinski definition) is 1. The molecule has 1 atom stereocenters. The normalized spacial score (nSPS) is 20.7. The maximum atomic E-state index is 5.69. The van der Waals surface area contributed by atoms with Crippen molar-refractivity contribution in [3.8, 4) is 5.75 Å². The van der Waals surface area contributed by atoms with Crippen molar-refractivity contribution in [2.75, 3.05) is 33.3 Å². The van der Waals surface area contributed by atoms with Crippen LogP contribution in [0.4, 0.5) is 0 Å². The fourth-order valence-corrected chi connectivity index (χ4v) is 2.39. The fraction of sp³-hybridized carbons (Fsp3) is 0.571. The average Bonchev–Trinajstić information content (AvgIpc) is 2.85. The van der Waals surface area contributed by atoms with E-state index in [0.717, 1.165) is 25.3 Å². The Balaban J connectivity index is 1.78. The summed E-state index contributed by atoms with van der Waals surface area (Å²) in [6.45, 7) is 4.35. The van der Waals surface area contributed by atoms with Crippen molar-refractivity contribution in [3.63, 3.8) is 0 Å². The van der Waals surface area contributed by atoms with E-state index in [-0.39, 0.29) is 0 Å². The Bertz CT molecular complexity index is 337. The van der Waals surface area contributed by atoms with Gasteiger partial charge in [0.2, 0.25) is 0 Å². The summed E-state index contributed by atoms with van der Waals surface area (Å²) in [5.74, 6) is 1.64. The first-order chi connectivity index (χ1) is 8.31. The first-order valence-corrected chi connectivity index (χ1v) is 6.37. The summed E-state index contributed by atoms with van der Waals surface area (Å²) in [4.78, 5) is 2.52. The van der Waals surface area contributed by atoms with Gasteiger partial charge in [-0.15, -0.1) is 0 Å². The number of rotatable bonds is 5. The highest BCUT2D eigenvalue weighted by Crippen LogP contribution is 2.16. The summed E-state index contributed by atoms with van der Waals surface area (Å²) in [6.07, 6.45) is 2.38. The summed E-state index contributed by atoms with van der Waals surface area (Å²) >= 11 is 0. The van der Waals surface area contributed by atoms with Gasteiger partial charge in [0.25, 0.3) is 0 Å². The van der Waals surface area contributed by atoms with E-state index in [0.29, 0.717) is 5.92 Å². The van der Waals surface area contributed by atoms with Crippen molar-refractivity contribution in [2.45, 2.75) is 12.8 Å².